The average Bonchev–Trinajstić information content (AvgIpc) is 3.04. The Morgan fingerprint density at radius 2 is 1.80 bits per heavy atom. The van der Waals surface area contributed by atoms with Crippen LogP contribution in [0, 0.1) is 20.8 Å². The van der Waals surface area contributed by atoms with Crippen molar-refractivity contribution in [2.45, 2.75) is 27.3 Å². The van der Waals surface area contributed by atoms with Gasteiger partial charge in [-0.2, -0.15) is 10.2 Å². The number of nitrogens with one attached hydrogen (secondary N) is 1. The highest BCUT2D eigenvalue weighted by Crippen LogP contribution is 2.21. The second kappa shape index (κ2) is 6.84. The third-order valence-electron chi connectivity index (χ3n) is 4.34. The van der Waals surface area contributed by atoms with Gasteiger partial charge in [0.15, 0.2) is 5.69 Å². The zero-order valence-electron chi connectivity index (χ0n) is 14.7. The van der Waals surface area contributed by atoms with Crippen LogP contribution in [0.5, 0.6) is 0 Å². The maximum absolute atomic E-state index is 12.5. The van der Waals surface area contributed by atoms with Crippen molar-refractivity contribution in [3.05, 3.63) is 63.1 Å². The number of para-hydroxylation sites is 1. The molecule has 6 nitrogen and oxygen atoms in total. The fourth-order valence-corrected chi connectivity index (χ4v) is 3.25. The summed E-state index contributed by atoms with van der Waals surface area (Å²) in [6.45, 7) is 6.28. The van der Waals surface area contributed by atoms with Gasteiger partial charge < -0.3 is 5.32 Å². The molecule has 0 atom stereocenters. The molecule has 1 N–H and O–H groups in total. The fraction of sp³-hybridized carbons (Fsp3) is 0.278. The minimum atomic E-state index is -0.207. The van der Waals surface area contributed by atoms with Crippen LogP contribution in [0.2, 0.25) is 0 Å². The molecule has 0 fully saturated rings. The van der Waals surface area contributed by atoms with E-state index in [9.17, 15) is 4.79 Å². The zero-order valence-corrected chi connectivity index (χ0v) is 16.3. The van der Waals surface area contributed by atoms with Crippen molar-refractivity contribution in [3.8, 4) is 5.69 Å². The number of aromatic nitrogens is 4. The summed E-state index contributed by atoms with van der Waals surface area (Å²) in [4.78, 5) is 12.5. The lowest BCUT2D eigenvalue weighted by Gasteiger charge is -2.06. The number of aryl methyl sites for hydroxylation is 2. The van der Waals surface area contributed by atoms with E-state index in [4.69, 9.17) is 0 Å². The first-order valence-corrected chi connectivity index (χ1v) is 8.77. The maximum Gasteiger partial charge on any atom is 0.273 e. The van der Waals surface area contributed by atoms with E-state index in [1.807, 2.05) is 62.8 Å². The first-order chi connectivity index (χ1) is 11.9. The topological polar surface area (TPSA) is 64.7 Å². The van der Waals surface area contributed by atoms with Crippen LogP contribution in [0.15, 0.2) is 34.8 Å². The molecule has 3 aromatic rings. The molecule has 3 rings (SSSR count). The van der Waals surface area contributed by atoms with Gasteiger partial charge >= 0.3 is 0 Å². The summed E-state index contributed by atoms with van der Waals surface area (Å²) >= 11 is 3.43. The number of hydrogen-bond acceptors (Lipinski definition) is 3. The molecule has 0 aliphatic heterocycles. The summed E-state index contributed by atoms with van der Waals surface area (Å²) in [5, 5.41) is 11.8. The Labute approximate surface area is 155 Å². The molecule has 0 aliphatic rings. The van der Waals surface area contributed by atoms with Gasteiger partial charge in [0.2, 0.25) is 0 Å². The summed E-state index contributed by atoms with van der Waals surface area (Å²) in [5.74, 6) is -0.207. The smallest absolute Gasteiger partial charge is 0.273 e. The number of nitrogens with zero attached hydrogens (tertiary/aromatic N) is 4. The van der Waals surface area contributed by atoms with Gasteiger partial charge in [-0.1, -0.05) is 18.2 Å². The Bertz CT molecular complexity index is 927. The lowest BCUT2D eigenvalue weighted by molar-refractivity contribution is 0.0944. The molecule has 0 aliphatic carbocycles. The Kier molecular flexibility index (Phi) is 4.76. The lowest BCUT2D eigenvalue weighted by atomic mass is 10.2. The first kappa shape index (κ1) is 17.4. The number of benzene rings is 1. The number of halogens is 1. The second-order valence-electron chi connectivity index (χ2n) is 5.95. The second-order valence-corrected chi connectivity index (χ2v) is 6.74. The van der Waals surface area contributed by atoms with Crippen LogP contribution in [0.25, 0.3) is 5.69 Å². The summed E-state index contributed by atoms with van der Waals surface area (Å²) in [6.07, 6.45) is 0. The van der Waals surface area contributed by atoms with E-state index in [-0.39, 0.29) is 5.91 Å². The predicted octanol–water partition coefficient (Wildman–Crippen LogP) is 3.22. The van der Waals surface area contributed by atoms with Gasteiger partial charge in [-0.05, 0) is 48.8 Å². The molecule has 0 saturated carbocycles. The number of hydrogen-bond donors (Lipinski definition) is 1. The van der Waals surface area contributed by atoms with Gasteiger partial charge in [-0.3, -0.25) is 9.48 Å². The first-order valence-electron chi connectivity index (χ1n) is 7.98. The van der Waals surface area contributed by atoms with Crippen molar-refractivity contribution in [2.24, 2.45) is 7.05 Å². The molecule has 1 aromatic carbocycles. The summed E-state index contributed by atoms with van der Waals surface area (Å²) in [6, 6.07) is 9.95. The Morgan fingerprint density at radius 1 is 1.12 bits per heavy atom. The summed E-state index contributed by atoms with van der Waals surface area (Å²) in [7, 11) is 1.81. The van der Waals surface area contributed by atoms with E-state index in [0.29, 0.717) is 12.2 Å². The standard InChI is InChI=1S/C18H20BrN5O/c1-11-15(12(2)24(21-11)14-8-6-5-7-9-14)10-20-18(25)17-16(19)13(3)23(4)22-17/h5-9H,10H2,1-4H3,(H,20,25). The van der Waals surface area contributed by atoms with E-state index in [2.05, 4.69) is 31.4 Å². The highest BCUT2D eigenvalue weighted by Gasteiger charge is 2.19. The minimum absolute atomic E-state index is 0.207. The van der Waals surface area contributed by atoms with Crippen molar-refractivity contribution in [1.82, 2.24) is 24.9 Å². The van der Waals surface area contributed by atoms with Crippen molar-refractivity contribution < 1.29 is 4.79 Å². The van der Waals surface area contributed by atoms with Gasteiger partial charge in [-0.25, -0.2) is 4.68 Å². The van der Waals surface area contributed by atoms with E-state index in [0.717, 1.165) is 32.8 Å². The van der Waals surface area contributed by atoms with E-state index in [1.54, 1.807) is 4.68 Å². The quantitative estimate of drug-likeness (QED) is 0.729. The van der Waals surface area contributed by atoms with E-state index in [1.165, 1.54) is 0 Å². The third-order valence-corrected chi connectivity index (χ3v) is 5.29. The molecule has 0 spiro atoms. The third kappa shape index (κ3) is 3.24. The van der Waals surface area contributed by atoms with E-state index < -0.39 is 0 Å². The van der Waals surface area contributed by atoms with Crippen LogP contribution in [0.3, 0.4) is 0 Å². The van der Waals surface area contributed by atoms with Crippen molar-refractivity contribution in [1.29, 1.82) is 0 Å². The maximum atomic E-state index is 12.5. The predicted molar refractivity (Wildman–Crippen MR) is 99.9 cm³/mol. The van der Waals surface area contributed by atoms with Gasteiger partial charge in [0.05, 0.1) is 21.5 Å². The normalized spacial score (nSPS) is 10.9. The van der Waals surface area contributed by atoms with Crippen LogP contribution >= 0.6 is 15.9 Å². The molecule has 0 unspecified atom stereocenters. The van der Waals surface area contributed by atoms with Crippen LogP contribution in [0.4, 0.5) is 0 Å². The molecule has 130 valence electrons. The molecule has 2 aromatic heterocycles. The highest BCUT2D eigenvalue weighted by molar-refractivity contribution is 9.10. The van der Waals surface area contributed by atoms with Gasteiger partial charge in [0.25, 0.3) is 5.91 Å². The molecule has 0 radical (unpaired) electrons. The number of carbonyl (C=O) groups excluding carboxylic acids is 1. The number of rotatable bonds is 4. The Morgan fingerprint density at radius 3 is 2.40 bits per heavy atom. The van der Waals surface area contributed by atoms with Crippen molar-refractivity contribution >= 4 is 21.8 Å². The minimum Gasteiger partial charge on any atom is -0.346 e. The zero-order chi connectivity index (χ0) is 18.1. The van der Waals surface area contributed by atoms with Crippen LogP contribution in [0.1, 0.15) is 33.1 Å². The average molecular weight is 402 g/mol. The molecular formula is C18H20BrN5O. The highest BCUT2D eigenvalue weighted by atomic mass is 79.9. The van der Waals surface area contributed by atoms with Gasteiger partial charge in [0, 0.05) is 24.8 Å². The molecular weight excluding hydrogens is 382 g/mol. The molecule has 7 heteroatoms. The van der Waals surface area contributed by atoms with Crippen molar-refractivity contribution in [3.63, 3.8) is 0 Å². The Hall–Kier alpha value is -2.41. The van der Waals surface area contributed by atoms with Crippen LogP contribution < -0.4 is 5.32 Å². The van der Waals surface area contributed by atoms with Crippen molar-refractivity contribution in [2.75, 3.05) is 0 Å². The van der Waals surface area contributed by atoms with E-state index >= 15 is 0 Å². The summed E-state index contributed by atoms with van der Waals surface area (Å²) < 4.78 is 4.31. The monoisotopic (exact) mass is 401 g/mol. The molecule has 2 heterocycles. The number of amides is 1. The van der Waals surface area contributed by atoms with Crippen LogP contribution in [-0.4, -0.2) is 25.5 Å². The molecule has 1 amide bonds. The molecule has 25 heavy (non-hydrogen) atoms. The fourth-order valence-electron chi connectivity index (χ4n) is 2.73. The van der Waals surface area contributed by atoms with Gasteiger partial charge in [-0.15, -0.1) is 0 Å². The Balaban J connectivity index is 1.81. The largest absolute Gasteiger partial charge is 0.346 e. The van der Waals surface area contributed by atoms with Gasteiger partial charge in [0.1, 0.15) is 0 Å². The SMILES string of the molecule is Cc1nn(-c2ccccc2)c(C)c1CNC(=O)c1nn(C)c(C)c1Br. The summed E-state index contributed by atoms with van der Waals surface area (Å²) in [5.41, 5.74) is 5.24. The number of carbonyl (C=O) groups is 1. The van der Waals surface area contributed by atoms with Crippen LogP contribution in [-0.2, 0) is 13.6 Å². The molecule has 0 bridgehead atoms. The lowest BCUT2D eigenvalue weighted by Crippen LogP contribution is -2.24. The molecule has 0 saturated heterocycles.